The number of nitrogens with zero attached hydrogens (tertiary/aromatic N) is 1. The molecule has 0 aromatic carbocycles. The van der Waals surface area contributed by atoms with Crippen LogP contribution in [0.15, 0.2) is 12.1 Å². The van der Waals surface area contributed by atoms with Crippen molar-refractivity contribution in [2.24, 2.45) is 5.73 Å². The van der Waals surface area contributed by atoms with E-state index < -0.39 is 0 Å². The molecular weight excluding hydrogens is 194 g/mol. The van der Waals surface area contributed by atoms with Crippen LogP contribution in [0.5, 0.6) is 5.75 Å². The molecule has 0 spiro atoms. The van der Waals surface area contributed by atoms with Crippen molar-refractivity contribution in [1.29, 1.82) is 0 Å². The molecule has 5 heteroatoms. The van der Waals surface area contributed by atoms with Crippen molar-refractivity contribution in [3.05, 3.63) is 23.5 Å². The molecule has 5 nitrogen and oxygen atoms in total. The molecule has 3 N–H and O–H groups in total. The Labute approximate surface area is 88.6 Å². The van der Waals surface area contributed by atoms with Crippen molar-refractivity contribution in [3.8, 4) is 5.75 Å². The van der Waals surface area contributed by atoms with E-state index in [1.54, 1.807) is 13.1 Å². The Kier molecular flexibility index (Phi) is 4.05. The highest BCUT2D eigenvalue weighted by Crippen LogP contribution is 2.15. The first-order valence-corrected chi connectivity index (χ1v) is 4.67. The van der Waals surface area contributed by atoms with E-state index in [0.717, 1.165) is 5.69 Å². The van der Waals surface area contributed by atoms with Gasteiger partial charge in [0.15, 0.2) is 6.61 Å². The lowest BCUT2D eigenvalue weighted by Crippen LogP contribution is -2.25. The lowest BCUT2D eigenvalue weighted by Gasteiger charge is -2.09. The number of aromatic nitrogens is 1. The van der Waals surface area contributed by atoms with Gasteiger partial charge in [-0.15, -0.1) is 0 Å². The number of pyridine rings is 1. The number of carbonyl (C=O) groups excluding carboxylic acids is 1. The maximum Gasteiger partial charge on any atom is 0.257 e. The highest BCUT2D eigenvalue weighted by molar-refractivity contribution is 5.77. The van der Waals surface area contributed by atoms with E-state index in [4.69, 9.17) is 10.5 Å². The fourth-order valence-electron chi connectivity index (χ4n) is 1.09. The number of hydrogen-bond acceptors (Lipinski definition) is 4. The molecule has 0 atom stereocenters. The first kappa shape index (κ1) is 11.5. The van der Waals surface area contributed by atoms with Gasteiger partial charge < -0.3 is 15.8 Å². The zero-order valence-corrected chi connectivity index (χ0v) is 8.91. The van der Waals surface area contributed by atoms with Crippen LogP contribution >= 0.6 is 0 Å². The van der Waals surface area contributed by atoms with Crippen LogP contribution in [0, 0.1) is 6.92 Å². The molecule has 0 aliphatic rings. The Bertz CT molecular complexity index is 353. The van der Waals surface area contributed by atoms with Gasteiger partial charge in [0.05, 0.1) is 5.69 Å². The third kappa shape index (κ3) is 3.21. The van der Waals surface area contributed by atoms with Crippen LogP contribution < -0.4 is 15.8 Å². The van der Waals surface area contributed by atoms with Gasteiger partial charge in [-0.3, -0.25) is 9.78 Å². The largest absolute Gasteiger partial charge is 0.482 e. The second kappa shape index (κ2) is 5.31. The van der Waals surface area contributed by atoms with Gasteiger partial charge in [0.25, 0.3) is 5.91 Å². The van der Waals surface area contributed by atoms with E-state index >= 15 is 0 Å². The Morgan fingerprint density at radius 1 is 1.60 bits per heavy atom. The van der Waals surface area contributed by atoms with E-state index in [-0.39, 0.29) is 12.5 Å². The predicted molar refractivity (Wildman–Crippen MR) is 56.4 cm³/mol. The van der Waals surface area contributed by atoms with Gasteiger partial charge in [-0.25, -0.2) is 0 Å². The van der Waals surface area contributed by atoms with Crippen molar-refractivity contribution in [1.82, 2.24) is 10.3 Å². The average Bonchev–Trinajstić information content (AvgIpc) is 2.26. The number of nitrogens with two attached hydrogens (primary N) is 1. The molecule has 1 aromatic heterocycles. The fourth-order valence-corrected chi connectivity index (χ4v) is 1.09. The van der Waals surface area contributed by atoms with Crippen molar-refractivity contribution in [2.45, 2.75) is 13.5 Å². The molecule has 0 aliphatic carbocycles. The maximum absolute atomic E-state index is 11.0. The number of rotatable bonds is 4. The third-order valence-electron chi connectivity index (χ3n) is 1.90. The Hall–Kier alpha value is -1.62. The van der Waals surface area contributed by atoms with Gasteiger partial charge in [0.2, 0.25) is 0 Å². The number of likely N-dealkylation sites (N-methyl/N-ethyl adjacent to an activating group) is 1. The van der Waals surface area contributed by atoms with Crippen LogP contribution in [0.2, 0.25) is 0 Å². The lowest BCUT2D eigenvalue weighted by molar-refractivity contribution is -0.122. The summed E-state index contributed by atoms with van der Waals surface area (Å²) in [5.41, 5.74) is 7.06. The summed E-state index contributed by atoms with van der Waals surface area (Å²) in [5, 5.41) is 2.47. The average molecular weight is 209 g/mol. The standard InChI is InChI=1S/C10H15N3O2/c1-7-3-4-9(8(5-11)13-7)15-6-10(14)12-2/h3-4H,5-6,11H2,1-2H3,(H,12,14). The van der Waals surface area contributed by atoms with E-state index in [1.165, 1.54) is 0 Å². The fraction of sp³-hybridized carbons (Fsp3) is 0.400. The Morgan fingerprint density at radius 2 is 2.33 bits per heavy atom. The second-order valence-electron chi connectivity index (χ2n) is 3.06. The summed E-state index contributed by atoms with van der Waals surface area (Å²) in [5.74, 6) is 0.380. The molecule has 0 bridgehead atoms. The van der Waals surface area contributed by atoms with Gasteiger partial charge in [-0.2, -0.15) is 0 Å². The summed E-state index contributed by atoms with van der Waals surface area (Å²) in [6.07, 6.45) is 0. The number of hydrogen-bond donors (Lipinski definition) is 2. The number of carbonyl (C=O) groups is 1. The van der Waals surface area contributed by atoms with E-state index in [0.29, 0.717) is 18.0 Å². The zero-order chi connectivity index (χ0) is 11.3. The van der Waals surface area contributed by atoms with Crippen molar-refractivity contribution in [3.63, 3.8) is 0 Å². The van der Waals surface area contributed by atoms with Crippen LogP contribution in [-0.4, -0.2) is 24.5 Å². The van der Waals surface area contributed by atoms with Crippen molar-refractivity contribution in [2.75, 3.05) is 13.7 Å². The SMILES string of the molecule is CNC(=O)COc1ccc(C)nc1CN. The van der Waals surface area contributed by atoms with Crippen LogP contribution in [0.25, 0.3) is 0 Å². The molecule has 0 saturated heterocycles. The van der Waals surface area contributed by atoms with Crippen LogP contribution in [0.4, 0.5) is 0 Å². The topological polar surface area (TPSA) is 77.2 Å². The molecule has 0 unspecified atom stereocenters. The van der Waals surface area contributed by atoms with Crippen LogP contribution in [0.3, 0.4) is 0 Å². The normalized spacial score (nSPS) is 9.80. The van der Waals surface area contributed by atoms with E-state index in [9.17, 15) is 4.79 Å². The molecule has 0 radical (unpaired) electrons. The first-order chi connectivity index (χ1) is 7.17. The summed E-state index contributed by atoms with van der Waals surface area (Å²) < 4.78 is 5.28. The summed E-state index contributed by atoms with van der Waals surface area (Å²) in [7, 11) is 1.56. The second-order valence-corrected chi connectivity index (χ2v) is 3.06. The van der Waals surface area contributed by atoms with Crippen molar-refractivity contribution < 1.29 is 9.53 Å². The Balaban J connectivity index is 2.72. The summed E-state index contributed by atoms with van der Waals surface area (Å²) in [6.45, 7) is 2.15. The Morgan fingerprint density at radius 3 is 2.93 bits per heavy atom. The minimum absolute atomic E-state index is 0.0196. The molecule has 82 valence electrons. The number of ether oxygens (including phenoxy) is 1. The van der Waals surface area contributed by atoms with Crippen molar-refractivity contribution >= 4 is 5.91 Å². The number of amides is 1. The van der Waals surface area contributed by atoms with Crippen LogP contribution in [-0.2, 0) is 11.3 Å². The molecular formula is C10H15N3O2. The molecule has 1 rings (SSSR count). The first-order valence-electron chi connectivity index (χ1n) is 4.67. The molecule has 0 saturated carbocycles. The molecule has 1 amide bonds. The highest BCUT2D eigenvalue weighted by atomic mass is 16.5. The van der Waals surface area contributed by atoms with E-state index in [1.807, 2.05) is 13.0 Å². The van der Waals surface area contributed by atoms with Crippen LogP contribution in [0.1, 0.15) is 11.4 Å². The highest BCUT2D eigenvalue weighted by Gasteiger charge is 2.06. The zero-order valence-electron chi connectivity index (χ0n) is 8.91. The quantitative estimate of drug-likeness (QED) is 0.730. The number of nitrogens with one attached hydrogen (secondary N) is 1. The molecule has 0 aliphatic heterocycles. The molecule has 15 heavy (non-hydrogen) atoms. The minimum atomic E-state index is -0.182. The summed E-state index contributed by atoms with van der Waals surface area (Å²) in [4.78, 5) is 15.2. The van der Waals surface area contributed by atoms with Gasteiger partial charge in [0, 0.05) is 19.3 Å². The minimum Gasteiger partial charge on any atom is -0.482 e. The van der Waals surface area contributed by atoms with E-state index in [2.05, 4.69) is 10.3 Å². The summed E-state index contributed by atoms with van der Waals surface area (Å²) in [6, 6.07) is 3.59. The van der Waals surface area contributed by atoms with Gasteiger partial charge in [0.1, 0.15) is 5.75 Å². The lowest BCUT2D eigenvalue weighted by atomic mass is 10.3. The van der Waals surface area contributed by atoms with Gasteiger partial charge in [-0.05, 0) is 19.1 Å². The number of aryl methyl sites for hydroxylation is 1. The molecule has 1 heterocycles. The third-order valence-corrected chi connectivity index (χ3v) is 1.90. The predicted octanol–water partition coefficient (Wildman–Crippen LogP) is -0.0265. The van der Waals surface area contributed by atoms with Gasteiger partial charge in [-0.1, -0.05) is 0 Å². The summed E-state index contributed by atoms with van der Waals surface area (Å²) >= 11 is 0. The monoisotopic (exact) mass is 209 g/mol. The van der Waals surface area contributed by atoms with Gasteiger partial charge >= 0.3 is 0 Å². The molecule has 0 fully saturated rings. The smallest absolute Gasteiger partial charge is 0.257 e. The molecule has 1 aromatic rings. The maximum atomic E-state index is 11.0.